The molecule has 2 heterocycles. The van der Waals surface area contributed by atoms with Gasteiger partial charge in [0.2, 0.25) is 0 Å². The summed E-state index contributed by atoms with van der Waals surface area (Å²) in [5.41, 5.74) is 3.88. The fraction of sp³-hybridized carbons (Fsp3) is 0.182. The van der Waals surface area contributed by atoms with E-state index in [4.69, 9.17) is 0 Å². The third-order valence-corrected chi connectivity index (χ3v) is 5.63. The predicted molar refractivity (Wildman–Crippen MR) is 111 cm³/mol. The van der Waals surface area contributed by atoms with Gasteiger partial charge in [0, 0.05) is 33.6 Å². The zero-order valence-corrected chi connectivity index (χ0v) is 16.1. The summed E-state index contributed by atoms with van der Waals surface area (Å²) in [6.07, 6.45) is 2.79. The van der Waals surface area contributed by atoms with E-state index in [1.54, 1.807) is 11.3 Å². The van der Waals surface area contributed by atoms with E-state index in [1.165, 1.54) is 10.9 Å². The van der Waals surface area contributed by atoms with Crippen LogP contribution in [0.15, 0.2) is 60.8 Å². The first kappa shape index (κ1) is 17.5. The molecular weight excluding hydrogens is 354 g/mol. The SMILES string of the molecule is Cc1sc(-c2ccccc2)nc1C(=O)NC(C)Cc1c[nH]c2ccccc12. The number of benzene rings is 2. The first-order valence-electron chi connectivity index (χ1n) is 9.00. The number of hydrogen-bond acceptors (Lipinski definition) is 3. The first-order valence-corrected chi connectivity index (χ1v) is 9.82. The molecule has 1 atom stereocenters. The fourth-order valence-corrected chi connectivity index (χ4v) is 4.20. The third kappa shape index (κ3) is 3.64. The van der Waals surface area contributed by atoms with Gasteiger partial charge >= 0.3 is 0 Å². The molecule has 5 heteroatoms. The van der Waals surface area contributed by atoms with Crippen LogP contribution in [0.3, 0.4) is 0 Å². The summed E-state index contributed by atoms with van der Waals surface area (Å²) in [5.74, 6) is -0.113. The smallest absolute Gasteiger partial charge is 0.271 e. The maximum atomic E-state index is 12.7. The van der Waals surface area contributed by atoms with Gasteiger partial charge in [0.15, 0.2) is 0 Å². The lowest BCUT2D eigenvalue weighted by molar-refractivity contribution is 0.0935. The van der Waals surface area contributed by atoms with E-state index in [9.17, 15) is 4.79 Å². The number of nitrogens with zero attached hydrogens (tertiary/aromatic N) is 1. The van der Waals surface area contributed by atoms with Gasteiger partial charge < -0.3 is 10.3 Å². The Kier molecular flexibility index (Phi) is 4.77. The Morgan fingerprint density at radius 2 is 1.89 bits per heavy atom. The van der Waals surface area contributed by atoms with Crippen LogP contribution in [0.25, 0.3) is 21.5 Å². The molecule has 2 N–H and O–H groups in total. The van der Waals surface area contributed by atoms with Crippen molar-refractivity contribution in [2.75, 3.05) is 0 Å². The molecule has 0 aliphatic carbocycles. The van der Waals surface area contributed by atoms with E-state index >= 15 is 0 Å². The van der Waals surface area contributed by atoms with Crippen LogP contribution in [0.2, 0.25) is 0 Å². The first-order chi connectivity index (χ1) is 13.1. The van der Waals surface area contributed by atoms with Gasteiger partial charge in [-0.15, -0.1) is 11.3 Å². The van der Waals surface area contributed by atoms with Gasteiger partial charge in [-0.2, -0.15) is 0 Å². The highest BCUT2D eigenvalue weighted by molar-refractivity contribution is 7.15. The molecular formula is C22H21N3OS. The highest BCUT2D eigenvalue weighted by Crippen LogP contribution is 2.27. The van der Waals surface area contributed by atoms with Crippen molar-refractivity contribution < 1.29 is 4.79 Å². The maximum Gasteiger partial charge on any atom is 0.271 e. The summed E-state index contributed by atoms with van der Waals surface area (Å²) < 4.78 is 0. The zero-order valence-electron chi connectivity index (χ0n) is 15.3. The van der Waals surface area contributed by atoms with Gasteiger partial charge in [-0.1, -0.05) is 48.5 Å². The number of aryl methyl sites for hydroxylation is 1. The third-order valence-electron chi connectivity index (χ3n) is 4.61. The van der Waals surface area contributed by atoms with Gasteiger partial charge in [-0.05, 0) is 31.9 Å². The maximum absolute atomic E-state index is 12.7. The highest BCUT2D eigenvalue weighted by atomic mass is 32.1. The standard InChI is InChI=1S/C22H21N3OS/c1-14(12-17-13-23-19-11-7-6-10-18(17)19)24-21(26)20-15(2)27-22(25-20)16-8-4-3-5-9-16/h3-11,13-14,23H,12H2,1-2H3,(H,24,26). The van der Waals surface area contributed by atoms with E-state index in [0.29, 0.717) is 5.69 Å². The number of rotatable bonds is 5. The van der Waals surface area contributed by atoms with Gasteiger partial charge in [0.25, 0.3) is 5.91 Å². The van der Waals surface area contributed by atoms with Crippen molar-refractivity contribution in [3.8, 4) is 10.6 Å². The molecule has 0 spiro atoms. The second-order valence-electron chi connectivity index (χ2n) is 6.73. The molecule has 4 aromatic rings. The Morgan fingerprint density at radius 3 is 2.70 bits per heavy atom. The molecule has 2 aromatic heterocycles. The van der Waals surface area contributed by atoms with E-state index in [-0.39, 0.29) is 11.9 Å². The monoisotopic (exact) mass is 375 g/mol. The summed E-state index contributed by atoms with van der Waals surface area (Å²) in [6.45, 7) is 3.98. The summed E-state index contributed by atoms with van der Waals surface area (Å²) in [4.78, 5) is 21.5. The van der Waals surface area contributed by atoms with Crippen molar-refractivity contribution >= 4 is 28.1 Å². The number of nitrogens with one attached hydrogen (secondary N) is 2. The van der Waals surface area contributed by atoms with Crippen LogP contribution in [-0.2, 0) is 6.42 Å². The van der Waals surface area contributed by atoms with Crippen molar-refractivity contribution in [2.24, 2.45) is 0 Å². The highest BCUT2D eigenvalue weighted by Gasteiger charge is 2.18. The molecule has 27 heavy (non-hydrogen) atoms. The number of para-hydroxylation sites is 1. The molecule has 0 fully saturated rings. The van der Waals surface area contributed by atoms with Crippen LogP contribution < -0.4 is 5.32 Å². The Morgan fingerprint density at radius 1 is 1.15 bits per heavy atom. The van der Waals surface area contributed by atoms with Crippen molar-refractivity contribution in [2.45, 2.75) is 26.3 Å². The van der Waals surface area contributed by atoms with Crippen molar-refractivity contribution in [3.63, 3.8) is 0 Å². The van der Waals surface area contributed by atoms with E-state index in [1.807, 2.05) is 62.5 Å². The van der Waals surface area contributed by atoms with Gasteiger partial charge in [0.1, 0.15) is 10.7 Å². The molecule has 1 amide bonds. The molecule has 0 bridgehead atoms. The van der Waals surface area contributed by atoms with E-state index in [2.05, 4.69) is 27.4 Å². The normalized spacial score (nSPS) is 12.2. The molecule has 4 rings (SSSR count). The van der Waals surface area contributed by atoms with Crippen molar-refractivity contribution in [3.05, 3.63) is 76.9 Å². The molecule has 136 valence electrons. The molecule has 0 aliphatic rings. The Bertz CT molecular complexity index is 1080. The topological polar surface area (TPSA) is 57.8 Å². The number of aromatic nitrogens is 2. The largest absolute Gasteiger partial charge is 0.361 e. The Labute approximate surface area is 162 Å². The molecule has 0 aliphatic heterocycles. The Balaban J connectivity index is 1.48. The molecule has 2 aromatic carbocycles. The summed E-state index contributed by atoms with van der Waals surface area (Å²) in [7, 11) is 0. The second kappa shape index (κ2) is 7.37. The number of hydrogen-bond donors (Lipinski definition) is 2. The lowest BCUT2D eigenvalue weighted by Gasteiger charge is -2.13. The van der Waals surface area contributed by atoms with Crippen LogP contribution >= 0.6 is 11.3 Å². The lowest BCUT2D eigenvalue weighted by atomic mass is 10.1. The van der Waals surface area contributed by atoms with E-state index in [0.717, 1.165) is 27.4 Å². The van der Waals surface area contributed by atoms with Crippen LogP contribution in [0.5, 0.6) is 0 Å². The molecule has 0 saturated heterocycles. The number of fused-ring (bicyclic) bond motifs is 1. The molecule has 0 saturated carbocycles. The number of amides is 1. The van der Waals surface area contributed by atoms with Crippen LogP contribution in [0.4, 0.5) is 0 Å². The average Bonchev–Trinajstić information content (AvgIpc) is 3.26. The Hall–Kier alpha value is -2.92. The molecule has 4 nitrogen and oxygen atoms in total. The average molecular weight is 375 g/mol. The lowest BCUT2D eigenvalue weighted by Crippen LogP contribution is -2.34. The van der Waals surface area contributed by atoms with Gasteiger partial charge in [-0.25, -0.2) is 4.98 Å². The number of carbonyl (C=O) groups is 1. The fourth-order valence-electron chi connectivity index (χ4n) is 3.28. The summed E-state index contributed by atoms with van der Waals surface area (Å²) in [6, 6.07) is 18.2. The predicted octanol–water partition coefficient (Wildman–Crippen LogP) is 4.96. The number of thiazole rings is 1. The molecule has 1 unspecified atom stereocenters. The number of H-pyrrole nitrogens is 1. The minimum atomic E-state index is -0.113. The summed E-state index contributed by atoms with van der Waals surface area (Å²) >= 11 is 1.55. The van der Waals surface area contributed by atoms with Crippen molar-refractivity contribution in [1.82, 2.24) is 15.3 Å². The molecule has 0 radical (unpaired) electrons. The number of carbonyl (C=O) groups excluding carboxylic acids is 1. The van der Waals surface area contributed by atoms with Crippen LogP contribution in [-0.4, -0.2) is 21.9 Å². The van der Waals surface area contributed by atoms with Gasteiger partial charge in [0.05, 0.1) is 0 Å². The van der Waals surface area contributed by atoms with Crippen molar-refractivity contribution in [1.29, 1.82) is 0 Å². The quantitative estimate of drug-likeness (QED) is 0.518. The van der Waals surface area contributed by atoms with Crippen LogP contribution in [0.1, 0.15) is 27.9 Å². The van der Waals surface area contributed by atoms with E-state index < -0.39 is 0 Å². The second-order valence-corrected chi connectivity index (χ2v) is 7.93. The minimum absolute atomic E-state index is 0.0120. The zero-order chi connectivity index (χ0) is 18.8. The summed E-state index contributed by atoms with van der Waals surface area (Å²) in [5, 5.41) is 5.18. The van der Waals surface area contributed by atoms with Gasteiger partial charge in [-0.3, -0.25) is 4.79 Å². The van der Waals surface area contributed by atoms with Crippen LogP contribution in [0, 0.1) is 6.92 Å². The minimum Gasteiger partial charge on any atom is -0.361 e. The number of aromatic amines is 1.